The lowest BCUT2D eigenvalue weighted by molar-refractivity contribution is -0.131. The van der Waals surface area contributed by atoms with Crippen LogP contribution in [0.1, 0.15) is 49.3 Å². The third kappa shape index (κ3) is 5.96. The molecule has 2 amide bonds. The van der Waals surface area contributed by atoms with Gasteiger partial charge >= 0.3 is 0 Å². The Balaban J connectivity index is 1.69. The van der Waals surface area contributed by atoms with E-state index in [1.807, 2.05) is 24.8 Å². The van der Waals surface area contributed by atoms with Crippen molar-refractivity contribution in [3.63, 3.8) is 0 Å². The van der Waals surface area contributed by atoms with Gasteiger partial charge in [-0.15, -0.1) is 0 Å². The van der Waals surface area contributed by atoms with Crippen LogP contribution in [0, 0.1) is 13.8 Å². The van der Waals surface area contributed by atoms with Gasteiger partial charge in [0.05, 0.1) is 0 Å². The minimum Gasteiger partial charge on any atom is -0.356 e. The number of aryl methyl sites for hydroxylation is 2. The van der Waals surface area contributed by atoms with E-state index in [4.69, 9.17) is 0 Å². The zero-order valence-corrected chi connectivity index (χ0v) is 14.1. The Morgan fingerprint density at radius 1 is 1.22 bits per heavy atom. The second kappa shape index (κ2) is 8.60. The van der Waals surface area contributed by atoms with E-state index >= 15 is 0 Å². The van der Waals surface area contributed by atoms with Crippen LogP contribution in [0.4, 0.5) is 0 Å². The Hall–Kier alpha value is -1.98. The Bertz CT molecular complexity index is 539. The normalized spacial score (nSPS) is 15.4. The number of aromatic nitrogens is 2. The van der Waals surface area contributed by atoms with Crippen molar-refractivity contribution in [2.24, 2.45) is 0 Å². The summed E-state index contributed by atoms with van der Waals surface area (Å²) in [4.78, 5) is 34.3. The number of hydrogen-bond acceptors (Lipinski definition) is 4. The first-order valence-corrected chi connectivity index (χ1v) is 8.40. The molecule has 0 radical (unpaired) electrons. The number of nitrogens with zero attached hydrogens (tertiary/aromatic N) is 3. The minimum atomic E-state index is -0.0218. The van der Waals surface area contributed by atoms with Crippen LogP contribution in [0.3, 0.4) is 0 Å². The second-order valence-electron chi connectivity index (χ2n) is 6.11. The monoisotopic (exact) mass is 318 g/mol. The van der Waals surface area contributed by atoms with E-state index in [-0.39, 0.29) is 11.8 Å². The molecule has 1 aliphatic rings. The third-order valence-electron chi connectivity index (χ3n) is 3.98. The van der Waals surface area contributed by atoms with E-state index in [2.05, 4.69) is 15.3 Å². The summed E-state index contributed by atoms with van der Waals surface area (Å²) in [5, 5.41) is 2.88. The van der Waals surface area contributed by atoms with E-state index in [1.54, 1.807) is 0 Å². The predicted molar refractivity (Wildman–Crippen MR) is 87.9 cm³/mol. The molecule has 0 unspecified atom stereocenters. The molecule has 1 fully saturated rings. The molecule has 6 nitrogen and oxygen atoms in total. The van der Waals surface area contributed by atoms with Crippen LogP contribution in [-0.4, -0.2) is 46.3 Å². The average molecular weight is 318 g/mol. The van der Waals surface area contributed by atoms with Crippen LogP contribution in [-0.2, 0) is 16.0 Å². The van der Waals surface area contributed by atoms with Gasteiger partial charge in [0.25, 0.3) is 0 Å². The maximum absolute atomic E-state index is 11.9. The van der Waals surface area contributed by atoms with E-state index in [9.17, 15) is 9.59 Å². The second-order valence-corrected chi connectivity index (χ2v) is 6.11. The first kappa shape index (κ1) is 17.4. The van der Waals surface area contributed by atoms with Gasteiger partial charge in [0, 0.05) is 50.3 Å². The molecule has 23 heavy (non-hydrogen) atoms. The SMILES string of the molecule is Cc1cc(C)nc(CCNC(=O)CCN2CCCCCC2=O)n1. The summed E-state index contributed by atoms with van der Waals surface area (Å²) in [5.74, 6) is 0.913. The van der Waals surface area contributed by atoms with Crippen molar-refractivity contribution in [3.8, 4) is 0 Å². The fourth-order valence-electron chi connectivity index (χ4n) is 2.82. The van der Waals surface area contributed by atoms with Crippen molar-refractivity contribution >= 4 is 11.8 Å². The lowest BCUT2D eigenvalue weighted by Crippen LogP contribution is -2.35. The highest BCUT2D eigenvalue weighted by Crippen LogP contribution is 2.11. The fourth-order valence-corrected chi connectivity index (χ4v) is 2.82. The average Bonchev–Trinajstić information content (AvgIpc) is 2.68. The molecular formula is C17H26N4O2. The highest BCUT2D eigenvalue weighted by atomic mass is 16.2. The fraction of sp³-hybridized carbons (Fsp3) is 0.647. The topological polar surface area (TPSA) is 75.2 Å². The molecular weight excluding hydrogens is 292 g/mol. The number of nitrogens with one attached hydrogen (secondary N) is 1. The number of hydrogen-bond donors (Lipinski definition) is 1. The van der Waals surface area contributed by atoms with Crippen LogP contribution in [0.2, 0.25) is 0 Å². The quantitative estimate of drug-likeness (QED) is 0.863. The number of rotatable bonds is 6. The zero-order valence-electron chi connectivity index (χ0n) is 14.1. The van der Waals surface area contributed by atoms with E-state index in [0.29, 0.717) is 32.4 Å². The van der Waals surface area contributed by atoms with Crippen molar-refractivity contribution in [2.45, 2.75) is 52.4 Å². The van der Waals surface area contributed by atoms with Crippen LogP contribution in [0.15, 0.2) is 6.07 Å². The van der Waals surface area contributed by atoms with Gasteiger partial charge in [-0.1, -0.05) is 6.42 Å². The molecule has 0 spiro atoms. The molecule has 1 aromatic rings. The highest BCUT2D eigenvalue weighted by molar-refractivity contribution is 5.79. The van der Waals surface area contributed by atoms with Crippen molar-refractivity contribution in [3.05, 3.63) is 23.3 Å². The summed E-state index contributed by atoms with van der Waals surface area (Å²) in [6, 6.07) is 1.93. The Labute approximate surface area is 137 Å². The molecule has 0 aromatic carbocycles. The molecule has 1 N–H and O–H groups in total. The van der Waals surface area contributed by atoms with E-state index in [1.165, 1.54) is 0 Å². The van der Waals surface area contributed by atoms with Gasteiger partial charge in [0.1, 0.15) is 5.82 Å². The lowest BCUT2D eigenvalue weighted by atomic mass is 10.2. The first-order chi connectivity index (χ1) is 11.0. The molecule has 2 rings (SSSR count). The molecule has 6 heteroatoms. The molecule has 0 bridgehead atoms. The van der Waals surface area contributed by atoms with Crippen LogP contribution in [0.5, 0.6) is 0 Å². The van der Waals surface area contributed by atoms with Gasteiger partial charge in [0.2, 0.25) is 11.8 Å². The smallest absolute Gasteiger partial charge is 0.222 e. The summed E-state index contributed by atoms with van der Waals surface area (Å²) >= 11 is 0. The molecule has 0 aliphatic carbocycles. The first-order valence-electron chi connectivity index (χ1n) is 8.40. The molecule has 0 atom stereocenters. The molecule has 1 aromatic heterocycles. The molecule has 1 aliphatic heterocycles. The summed E-state index contributed by atoms with van der Waals surface area (Å²) in [7, 11) is 0. The van der Waals surface area contributed by atoms with Gasteiger partial charge in [-0.3, -0.25) is 9.59 Å². The van der Waals surface area contributed by atoms with Crippen LogP contribution in [0.25, 0.3) is 0 Å². The van der Waals surface area contributed by atoms with Gasteiger partial charge in [-0.2, -0.15) is 0 Å². The largest absolute Gasteiger partial charge is 0.356 e. The Morgan fingerprint density at radius 3 is 2.70 bits per heavy atom. The lowest BCUT2D eigenvalue weighted by Gasteiger charge is -2.20. The van der Waals surface area contributed by atoms with Gasteiger partial charge in [-0.25, -0.2) is 9.97 Å². The van der Waals surface area contributed by atoms with Crippen molar-refractivity contribution in [2.75, 3.05) is 19.6 Å². The van der Waals surface area contributed by atoms with E-state index < -0.39 is 0 Å². The summed E-state index contributed by atoms with van der Waals surface area (Å²) in [6.45, 7) is 5.70. The standard InChI is InChI=1S/C17H26N4O2/c1-13-12-14(2)20-15(19-13)7-9-18-16(22)8-11-21-10-5-3-4-6-17(21)23/h12H,3-11H2,1-2H3,(H,18,22). The van der Waals surface area contributed by atoms with Gasteiger partial charge in [0.15, 0.2) is 0 Å². The van der Waals surface area contributed by atoms with Crippen LogP contribution < -0.4 is 5.32 Å². The number of carbonyl (C=O) groups is 2. The Kier molecular flexibility index (Phi) is 6.50. The Morgan fingerprint density at radius 2 is 1.96 bits per heavy atom. The molecule has 126 valence electrons. The molecule has 2 heterocycles. The summed E-state index contributed by atoms with van der Waals surface area (Å²) in [6.07, 6.45) is 4.71. The van der Waals surface area contributed by atoms with E-state index in [0.717, 1.165) is 43.0 Å². The number of amides is 2. The van der Waals surface area contributed by atoms with Gasteiger partial charge < -0.3 is 10.2 Å². The minimum absolute atomic E-state index is 0.0218. The third-order valence-corrected chi connectivity index (χ3v) is 3.98. The van der Waals surface area contributed by atoms with Crippen molar-refractivity contribution < 1.29 is 9.59 Å². The summed E-state index contributed by atoms with van der Waals surface area (Å²) < 4.78 is 0. The molecule has 0 saturated carbocycles. The maximum atomic E-state index is 11.9. The predicted octanol–water partition coefficient (Wildman–Crippen LogP) is 1.54. The zero-order chi connectivity index (χ0) is 16.7. The number of likely N-dealkylation sites (tertiary alicyclic amines) is 1. The summed E-state index contributed by atoms with van der Waals surface area (Å²) in [5.41, 5.74) is 1.89. The van der Waals surface area contributed by atoms with Crippen LogP contribution >= 0.6 is 0 Å². The maximum Gasteiger partial charge on any atom is 0.222 e. The van der Waals surface area contributed by atoms with Crippen molar-refractivity contribution in [1.29, 1.82) is 0 Å². The van der Waals surface area contributed by atoms with Gasteiger partial charge in [-0.05, 0) is 32.8 Å². The highest BCUT2D eigenvalue weighted by Gasteiger charge is 2.17. The number of carbonyl (C=O) groups excluding carboxylic acids is 2. The molecule has 1 saturated heterocycles. The van der Waals surface area contributed by atoms with Crippen molar-refractivity contribution in [1.82, 2.24) is 20.2 Å².